The van der Waals surface area contributed by atoms with Gasteiger partial charge in [-0.25, -0.2) is 4.79 Å². The van der Waals surface area contributed by atoms with Gasteiger partial charge >= 0.3 is 5.69 Å². The van der Waals surface area contributed by atoms with E-state index in [1.54, 1.807) is 11.6 Å². The Morgan fingerprint density at radius 1 is 1.07 bits per heavy atom. The number of anilines is 1. The third kappa shape index (κ3) is 3.05. The molecule has 154 valence electrons. The number of piperidine rings is 1. The van der Waals surface area contributed by atoms with Gasteiger partial charge in [-0.1, -0.05) is 0 Å². The lowest BCUT2D eigenvalue weighted by atomic mass is 10.1. The highest BCUT2D eigenvalue weighted by Gasteiger charge is 2.34. The Labute approximate surface area is 167 Å². The number of hydrogen-bond donors (Lipinski definition) is 1. The molecule has 0 saturated carbocycles. The molecule has 2 atom stereocenters. The standard InChI is InChI=1S/C20H24N4O5/c1-22-16-10-13(23-7-6-12(11-23)19-28-8-9-29-19)2-3-14(16)24(20(22)27)15-4-5-17(25)21-18(15)26/h2-3,10,12,15,19H,4-9,11H2,1H3,(H,21,25,26). The topological polar surface area (TPSA) is 94.8 Å². The molecule has 1 aromatic carbocycles. The monoisotopic (exact) mass is 400 g/mol. The van der Waals surface area contributed by atoms with Crippen LogP contribution in [0.1, 0.15) is 25.3 Å². The number of imidazole rings is 1. The number of hydrogen-bond acceptors (Lipinski definition) is 6. The van der Waals surface area contributed by atoms with Crippen LogP contribution < -0.4 is 15.9 Å². The molecule has 2 amide bonds. The second kappa shape index (κ2) is 7.00. The number of aryl methyl sites for hydroxylation is 1. The first-order valence-corrected chi connectivity index (χ1v) is 10.1. The van der Waals surface area contributed by atoms with Crippen LogP contribution in [0.25, 0.3) is 11.0 Å². The van der Waals surface area contributed by atoms with E-state index in [1.165, 1.54) is 4.57 Å². The molecule has 2 unspecified atom stereocenters. The maximum Gasteiger partial charge on any atom is 0.329 e. The van der Waals surface area contributed by atoms with Crippen molar-refractivity contribution >= 4 is 28.5 Å². The van der Waals surface area contributed by atoms with Gasteiger partial charge in [0.25, 0.3) is 0 Å². The summed E-state index contributed by atoms with van der Waals surface area (Å²) in [7, 11) is 1.71. The summed E-state index contributed by atoms with van der Waals surface area (Å²) >= 11 is 0. The van der Waals surface area contributed by atoms with Gasteiger partial charge in [0.05, 0.1) is 24.2 Å². The first-order chi connectivity index (χ1) is 14.0. The highest BCUT2D eigenvalue weighted by Crippen LogP contribution is 2.31. The molecule has 4 heterocycles. The molecule has 3 saturated heterocycles. The summed E-state index contributed by atoms with van der Waals surface area (Å²) in [6.07, 6.45) is 1.44. The Morgan fingerprint density at radius 3 is 2.62 bits per heavy atom. The Hall–Kier alpha value is -2.65. The second-order valence-corrected chi connectivity index (χ2v) is 7.96. The van der Waals surface area contributed by atoms with E-state index in [9.17, 15) is 14.4 Å². The van der Waals surface area contributed by atoms with Crippen LogP contribution in [-0.4, -0.2) is 53.5 Å². The minimum atomic E-state index is -0.664. The molecule has 5 rings (SSSR count). The fraction of sp³-hybridized carbons (Fsp3) is 0.550. The Bertz CT molecular complexity index is 1040. The number of benzene rings is 1. The number of carbonyl (C=O) groups excluding carboxylic acids is 2. The molecular weight excluding hydrogens is 376 g/mol. The third-order valence-corrected chi connectivity index (χ3v) is 6.22. The van der Waals surface area contributed by atoms with Gasteiger partial charge in [-0.15, -0.1) is 0 Å². The van der Waals surface area contributed by atoms with E-state index < -0.39 is 11.9 Å². The van der Waals surface area contributed by atoms with E-state index in [0.717, 1.165) is 30.7 Å². The van der Waals surface area contributed by atoms with Crippen LogP contribution in [0, 0.1) is 5.92 Å². The minimum Gasteiger partial charge on any atom is -0.371 e. The minimum absolute atomic E-state index is 0.123. The summed E-state index contributed by atoms with van der Waals surface area (Å²) in [6.45, 7) is 3.06. The van der Waals surface area contributed by atoms with Crippen molar-refractivity contribution in [2.45, 2.75) is 31.6 Å². The average Bonchev–Trinajstić information content (AvgIpc) is 3.44. The molecule has 3 aliphatic heterocycles. The van der Waals surface area contributed by atoms with E-state index >= 15 is 0 Å². The van der Waals surface area contributed by atoms with E-state index in [0.29, 0.717) is 31.1 Å². The summed E-state index contributed by atoms with van der Waals surface area (Å²) in [6, 6.07) is 5.22. The summed E-state index contributed by atoms with van der Waals surface area (Å²) < 4.78 is 14.4. The molecule has 9 heteroatoms. The highest BCUT2D eigenvalue weighted by atomic mass is 16.7. The zero-order valence-electron chi connectivity index (χ0n) is 16.3. The lowest BCUT2D eigenvalue weighted by Crippen LogP contribution is -2.44. The molecule has 3 fully saturated rings. The van der Waals surface area contributed by atoms with Gasteiger partial charge in [0.2, 0.25) is 11.8 Å². The number of fused-ring (bicyclic) bond motifs is 1. The van der Waals surface area contributed by atoms with E-state index in [-0.39, 0.29) is 24.3 Å². The van der Waals surface area contributed by atoms with Crippen molar-refractivity contribution in [3.8, 4) is 0 Å². The van der Waals surface area contributed by atoms with Crippen LogP contribution in [0.3, 0.4) is 0 Å². The quantitative estimate of drug-likeness (QED) is 0.755. The number of nitrogens with one attached hydrogen (secondary N) is 1. The van der Waals surface area contributed by atoms with Crippen molar-refractivity contribution in [3.05, 3.63) is 28.7 Å². The first-order valence-electron chi connectivity index (χ1n) is 10.1. The number of carbonyl (C=O) groups is 2. The van der Waals surface area contributed by atoms with Gasteiger partial charge < -0.3 is 14.4 Å². The predicted molar refractivity (Wildman–Crippen MR) is 105 cm³/mol. The zero-order chi connectivity index (χ0) is 20.1. The van der Waals surface area contributed by atoms with Gasteiger partial charge in [0.1, 0.15) is 6.04 Å². The van der Waals surface area contributed by atoms with Crippen LogP contribution in [0.15, 0.2) is 23.0 Å². The molecule has 0 bridgehead atoms. The van der Waals surface area contributed by atoms with Gasteiger partial charge in [-0.3, -0.25) is 24.0 Å². The van der Waals surface area contributed by atoms with Crippen LogP contribution in [0.2, 0.25) is 0 Å². The molecule has 9 nitrogen and oxygen atoms in total. The largest absolute Gasteiger partial charge is 0.371 e. The van der Waals surface area contributed by atoms with Crippen molar-refractivity contribution in [2.75, 3.05) is 31.2 Å². The number of imide groups is 1. The highest BCUT2D eigenvalue weighted by molar-refractivity contribution is 6.00. The maximum absolute atomic E-state index is 12.9. The van der Waals surface area contributed by atoms with Gasteiger partial charge in [0, 0.05) is 38.2 Å². The van der Waals surface area contributed by atoms with Crippen LogP contribution >= 0.6 is 0 Å². The summed E-state index contributed by atoms with van der Waals surface area (Å²) in [5, 5.41) is 2.34. The Balaban J connectivity index is 1.46. The summed E-state index contributed by atoms with van der Waals surface area (Å²) in [5.41, 5.74) is 2.26. The maximum atomic E-state index is 12.9. The fourth-order valence-electron chi connectivity index (χ4n) is 4.67. The van der Waals surface area contributed by atoms with Crippen LogP contribution in [-0.2, 0) is 26.1 Å². The second-order valence-electron chi connectivity index (χ2n) is 7.96. The smallest absolute Gasteiger partial charge is 0.329 e. The van der Waals surface area contributed by atoms with Gasteiger partial charge in [0.15, 0.2) is 6.29 Å². The molecule has 0 aliphatic carbocycles. The lowest BCUT2D eigenvalue weighted by molar-refractivity contribution is -0.135. The average molecular weight is 400 g/mol. The fourth-order valence-corrected chi connectivity index (χ4v) is 4.67. The predicted octanol–water partition coefficient (Wildman–Crippen LogP) is 0.517. The number of nitrogens with zero attached hydrogens (tertiary/aromatic N) is 3. The number of ether oxygens (including phenoxy) is 2. The van der Waals surface area contributed by atoms with Crippen molar-refractivity contribution in [1.29, 1.82) is 0 Å². The molecule has 0 radical (unpaired) electrons. The number of rotatable bonds is 3. The van der Waals surface area contributed by atoms with Crippen molar-refractivity contribution in [3.63, 3.8) is 0 Å². The number of amides is 2. The van der Waals surface area contributed by atoms with Crippen molar-refractivity contribution in [2.24, 2.45) is 13.0 Å². The van der Waals surface area contributed by atoms with E-state index in [2.05, 4.69) is 10.2 Å². The molecular formula is C20H24N4O5. The van der Waals surface area contributed by atoms with Gasteiger partial charge in [-0.05, 0) is 31.0 Å². The molecule has 1 aromatic heterocycles. The Kier molecular flexibility index (Phi) is 4.44. The lowest BCUT2D eigenvalue weighted by Gasteiger charge is -2.22. The Morgan fingerprint density at radius 2 is 1.86 bits per heavy atom. The van der Waals surface area contributed by atoms with Crippen molar-refractivity contribution in [1.82, 2.24) is 14.5 Å². The molecule has 29 heavy (non-hydrogen) atoms. The van der Waals surface area contributed by atoms with Crippen LogP contribution in [0.4, 0.5) is 5.69 Å². The van der Waals surface area contributed by atoms with Gasteiger partial charge in [-0.2, -0.15) is 0 Å². The summed E-state index contributed by atoms with van der Waals surface area (Å²) in [4.78, 5) is 39.0. The summed E-state index contributed by atoms with van der Waals surface area (Å²) in [5.74, 6) is -0.371. The molecule has 1 N–H and O–H groups in total. The van der Waals surface area contributed by atoms with Crippen molar-refractivity contribution < 1.29 is 19.1 Å². The zero-order valence-corrected chi connectivity index (χ0v) is 16.3. The normalized spacial score (nSPS) is 25.9. The van der Waals surface area contributed by atoms with Crippen LogP contribution in [0.5, 0.6) is 0 Å². The van der Waals surface area contributed by atoms with E-state index in [1.807, 2.05) is 18.2 Å². The first kappa shape index (κ1) is 18.4. The third-order valence-electron chi connectivity index (χ3n) is 6.22. The SMILES string of the molecule is Cn1c(=O)n(C2CCC(=O)NC2=O)c2ccc(N3CCC(C4OCCO4)C3)cc21. The molecule has 2 aromatic rings. The number of aromatic nitrogens is 2. The molecule has 0 spiro atoms. The molecule has 3 aliphatic rings. The van der Waals surface area contributed by atoms with E-state index in [4.69, 9.17) is 9.47 Å².